The van der Waals surface area contributed by atoms with Crippen LogP contribution >= 0.6 is 0 Å². The molecule has 0 aliphatic carbocycles. The van der Waals surface area contributed by atoms with E-state index in [-0.39, 0.29) is 22.7 Å². The van der Waals surface area contributed by atoms with Crippen LogP contribution in [0.15, 0.2) is 71.6 Å². The van der Waals surface area contributed by atoms with Gasteiger partial charge in [-0.3, -0.25) is 14.9 Å². The van der Waals surface area contributed by atoms with Gasteiger partial charge in [0.1, 0.15) is 11.3 Å². The largest absolute Gasteiger partial charge is 0.497 e. The molecule has 1 aliphatic rings. The molecule has 0 fully saturated rings. The molecule has 9 nitrogen and oxygen atoms in total. The average Bonchev–Trinajstić information content (AvgIpc) is 2.83. The molecule has 0 bridgehead atoms. The number of hydrogen-bond acceptors (Lipinski definition) is 6. The standard InChI is InChI=1S/C23H21N3O6S/c1-32-19-8-10-20(11-9-19)33(30,31)25-13-12-16-6-7-18(14-17(16)15-25)24-23(27)21-4-2-3-5-22(21)26(28)29/h2-11,14H,12-13,15H2,1H3,(H,24,27). The monoisotopic (exact) mass is 467 g/mol. The van der Waals surface area contributed by atoms with Gasteiger partial charge >= 0.3 is 0 Å². The van der Waals surface area contributed by atoms with E-state index in [1.807, 2.05) is 6.07 Å². The first-order chi connectivity index (χ1) is 15.8. The van der Waals surface area contributed by atoms with E-state index in [9.17, 15) is 23.3 Å². The molecule has 1 heterocycles. The maximum absolute atomic E-state index is 13.1. The third-order valence-corrected chi connectivity index (χ3v) is 7.34. The van der Waals surface area contributed by atoms with Crippen LogP contribution in [0.25, 0.3) is 0 Å². The molecule has 1 aliphatic heterocycles. The third kappa shape index (κ3) is 4.57. The molecule has 3 aromatic rings. The fraction of sp³-hybridized carbons (Fsp3) is 0.174. The van der Waals surface area contributed by atoms with E-state index >= 15 is 0 Å². The number of nitro groups is 1. The second-order valence-electron chi connectivity index (χ2n) is 7.48. The Morgan fingerprint density at radius 1 is 1.06 bits per heavy atom. The smallest absolute Gasteiger partial charge is 0.282 e. The number of sulfonamides is 1. The Balaban J connectivity index is 1.55. The van der Waals surface area contributed by atoms with Gasteiger partial charge < -0.3 is 10.1 Å². The highest BCUT2D eigenvalue weighted by atomic mass is 32.2. The summed E-state index contributed by atoms with van der Waals surface area (Å²) >= 11 is 0. The van der Waals surface area contributed by atoms with Gasteiger partial charge in [-0.25, -0.2) is 8.42 Å². The Morgan fingerprint density at radius 3 is 2.48 bits per heavy atom. The fourth-order valence-electron chi connectivity index (χ4n) is 3.73. The van der Waals surface area contributed by atoms with Crippen molar-refractivity contribution in [3.05, 3.63) is 93.5 Å². The third-order valence-electron chi connectivity index (χ3n) is 5.48. The maximum atomic E-state index is 13.1. The summed E-state index contributed by atoms with van der Waals surface area (Å²) in [5, 5.41) is 13.9. The lowest BCUT2D eigenvalue weighted by molar-refractivity contribution is -0.385. The second-order valence-corrected chi connectivity index (χ2v) is 9.41. The summed E-state index contributed by atoms with van der Waals surface area (Å²) in [5.41, 5.74) is 1.84. The zero-order valence-corrected chi connectivity index (χ0v) is 18.5. The van der Waals surface area contributed by atoms with Crippen LogP contribution in [0.4, 0.5) is 11.4 Å². The predicted molar refractivity (Wildman–Crippen MR) is 122 cm³/mol. The highest BCUT2D eigenvalue weighted by Gasteiger charge is 2.29. The molecule has 0 aromatic heterocycles. The molecular formula is C23H21N3O6S. The van der Waals surface area contributed by atoms with Gasteiger partial charge in [0.15, 0.2) is 0 Å². The summed E-state index contributed by atoms with van der Waals surface area (Å²) in [5.74, 6) is -0.0438. The van der Waals surface area contributed by atoms with E-state index in [1.165, 1.54) is 41.7 Å². The number of benzene rings is 3. The van der Waals surface area contributed by atoms with Crippen LogP contribution in [0.1, 0.15) is 21.5 Å². The van der Waals surface area contributed by atoms with Gasteiger partial charge in [0.05, 0.1) is 16.9 Å². The average molecular weight is 468 g/mol. The van der Waals surface area contributed by atoms with Crippen molar-refractivity contribution < 1.29 is 22.9 Å². The van der Waals surface area contributed by atoms with E-state index in [2.05, 4.69) is 5.32 Å². The molecule has 0 saturated heterocycles. The van der Waals surface area contributed by atoms with E-state index < -0.39 is 20.9 Å². The number of carbonyl (C=O) groups excluding carboxylic acids is 1. The van der Waals surface area contributed by atoms with E-state index in [0.29, 0.717) is 24.4 Å². The maximum Gasteiger partial charge on any atom is 0.282 e. The number of hydrogen-bond donors (Lipinski definition) is 1. The number of para-hydroxylation sites is 1. The minimum Gasteiger partial charge on any atom is -0.497 e. The summed E-state index contributed by atoms with van der Waals surface area (Å²) in [7, 11) is -2.20. The number of anilines is 1. The molecule has 0 spiro atoms. The number of ether oxygens (including phenoxy) is 1. The van der Waals surface area contributed by atoms with Gasteiger partial charge in [-0.05, 0) is 60.0 Å². The number of methoxy groups -OCH3 is 1. The molecule has 3 aromatic carbocycles. The van der Waals surface area contributed by atoms with Gasteiger partial charge in [0.2, 0.25) is 10.0 Å². The first kappa shape index (κ1) is 22.4. The summed E-state index contributed by atoms with van der Waals surface area (Å²) in [4.78, 5) is 23.4. The molecular weight excluding hydrogens is 446 g/mol. The number of carbonyl (C=O) groups is 1. The number of amides is 1. The number of nitrogens with zero attached hydrogens (tertiary/aromatic N) is 2. The Bertz CT molecular complexity index is 1320. The minimum atomic E-state index is -3.71. The normalized spacial score (nSPS) is 13.7. The van der Waals surface area contributed by atoms with Crippen LogP contribution < -0.4 is 10.1 Å². The molecule has 10 heteroatoms. The van der Waals surface area contributed by atoms with Gasteiger partial charge in [0.25, 0.3) is 11.6 Å². The lowest BCUT2D eigenvalue weighted by Gasteiger charge is -2.28. The van der Waals surface area contributed by atoms with Gasteiger partial charge in [-0.2, -0.15) is 4.31 Å². The van der Waals surface area contributed by atoms with Crippen molar-refractivity contribution in [3.63, 3.8) is 0 Å². The van der Waals surface area contributed by atoms with Crippen molar-refractivity contribution >= 4 is 27.3 Å². The van der Waals surface area contributed by atoms with Crippen LogP contribution in [0.2, 0.25) is 0 Å². The highest BCUT2D eigenvalue weighted by Crippen LogP contribution is 2.28. The van der Waals surface area contributed by atoms with E-state index in [0.717, 1.165) is 11.1 Å². The zero-order chi connectivity index (χ0) is 23.6. The van der Waals surface area contributed by atoms with E-state index in [1.54, 1.807) is 30.3 Å². The molecule has 0 atom stereocenters. The van der Waals surface area contributed by atoms with Crippen molar-refractivity contribution in [2.75, 3.05) is 19.0 Å². The fourth-order valence-corrected chi connectivity index (χ4v) is 5.15. The molecule has 0 radical (unpaired) electrons. The molecule has 1 amide bonds. The van der Waals surface area contributed by atoms with Crippen molar-refractivity contribution in [1.29, 1.82) is 0 Å². The lowest BCUT2D eigenvalue weighted by Crippen LogP contribution is -2.36. The number of nitro benzene ring substituents is 1. The Morgan fingerprint density at radius 2 is 1.79 bits per heavy atom. The lowest BCUT2D eigenvalue weighted by atomic mass is 10.0. The Hall–Kier alpha value is -3.76. The van der Waals surface area contributed by atoms with Crippen LogP contribution in [-0.4, -0.2) is 37.2 Å². The van der Waals surface area contributed by atoms with Crippen molar-refractivity contribution in [3.8, 4) is 5.75 Å². The highest BCUT2D eigenvalue weighted by molar-refractivity contribution is 7.89. The Labute approximate surface area is 190 Å². The number of rotatable bonds is 6. The van der Waals surface area contributed by atoms with Gasteiger partial charge in [0, 0.05) is 24.8 Å². The van der Waals surface area contributed by atoms with Crippen LogP contribution in [-0.2, 0) is 23.0 Å². The van der Waals surface area contributed by atoms with Gasteiger partial charge in [-0.15, -0.1) is 0 Å². The first-order valence-electron chi connectivity index (χ1n) is 10.1. The molecule has 170 valence electrons. The molecule has 4 rings (SSSR count). The van der Waals surface area contributed by atoms with Crippen LogP contribution in [0, 0.1) is 10.1 Å². The van der Waals surface area contributed by atoms with Crippen molar-refractivity contribution in [2.24, 2.45) is 0 Å². The van der Waals surface area contributed by atoms with Crippen LogP contribution in [0.3, 0.4) is 0 Å². The first-order valence-corrected chi connectivity index (χ1v) is 11.5. The molecule has 0 saturated carbocycles. The topological polar surface area (TPSA) is 119 Å². The molecule has 0 unspecified atom stereocenters. The molecule has 33 heavy (non-hydrogen) atoms. The Kier molecular flexibility index (Phi) is 6.12. The predicted octanol–water partition coefficient (Wildman–Crippen LogP) is 3.60. The minimum absolute atomic E-state index is 0.0519. The number of nitrogens with one attached hydrogen (secondary N) is 1. The van der Waals surface area contributed by atoms with Crippen molar-refractivity contribution in [1.82, 2.24) is 4.31 Å². The van der Waals surface area contributed by atoms with Crippen LogP contribution in [0.5, 0.6) is 5.75 Å². The SMILES string of the molecule is COc1ccc(S(=O)(=O)N2CCc3ccc(NC(=O)c4ccccc4[N+](=O)[O-])cc3C2)cc1. The molecule has 1 N–H and O–H groups in total. The number of fused-ring (bicyclic) bond motifs is 1. The van der Waals surface area contributed by atoms with E-state index in [4.69, 9.17) is 4.74 Å². The summed E-state index contributed by atoms with van der Waals surface area (Å²) in [6, 6.07) is 17.2. The zero-order valence-electron chi connectivity index (χ0n) is 17.7. The summed E-state index contributed by atoms with van der Waals surface area (Å²) < 4.78 is 32.7. The quantitative estimate of drug-likeness (QED) is 0.437. The summed E-state index contributed by atoms with van der Waals surface area (Å²) in [6.45, 7) is 0.488. The van der Waals surface area contributed by atoms with Crippen molar-refractivity contribution in [2.45, 2.75) is 17.9 Å². The summed E-state index contributed by atoms with van der Waals surface area (Å²) in [6.07, 6.45) is 0.531. The second kappa shape index (κ2) is 9.00. The van der Waals surface area contributed by atoms with Gasteiger partial charge in [-0.1, -0.05) is 18.2 Å².